The maximum atomic E-state index is 11.8. The lowest BCUT2D eigenvalue weighted by Gasteiger charge is -2.17. The molecule has 0 aliphatic rings. The number of phenolic OH excluding ortho intramolecular Hbond substituents is 1. The monoisotopic (exact) mass is 236 g/mol. The highest BCUT2D eigenvalue weighted by atomic mass is 16.3. The molecule has 1 aromatic rings. The Morgan fingerprint density at radius 3 is 2.47 bits per heavy atom. The van der Waals surface area contributed by atoms with Crippen LogP contribution in [0.5, 0.6) is 5.75 Å². The van der Waals surface area contributed by atoms with E-state index in [9.17, 15) is 9.90 Å². The number of nitrogens with one attached hydrogen (secondary N) is 1. The summed E-state index contributed by atoms with van der Waals surface area (Å²) in [5.74, 6) is 0.0571. The predicted molar refractivity (Wildman–Crippen MR) is 69.0 cm³/mol. The normalized spacial score (nSPS) is 12.6. The van der Waals surface area contributed by atoms with Crippen LogP contribution in [-0.4, -0.2) is 17.1 Å². The van der Waals surface area contributed by atoms with Crippen LogP contribution in [0.4, 0.5) is 5.69 Å². The van der Waals surface area contributed by atoms with Crippen LogP contribution in [0, 0.1) is 19.8 Å². The zero-order chi connectivity index (χ0) is 13.2. The second kappa shape index (κ2) is 5.19. The summed E-state index contributed by atoms with van der Waals surface area (Å²) in [7, 11) is 0. The Kier molecular flexibility index (Phi) is 4.12. The number of carbonyl (C=O) groups is 1. The minimum absolute atomic E-state index is 0.0781. The summed E-state index contributed by atoms with van der Waals surface area (Å²) in [6.45, 7) is 7.36. The molecule has 0 bridgehead atoms. The molecule has 0 aliphatic carbocycles. The van der Waals surface area contributed by atoms with Gasteiger partial charge in [-0.15, -0.1) is 0 Å². The fraction of sp³-hybridized carbons (Fsp3) is 0.462. The van der Waals surface area contributed by atoms with Crippen LogP contribution in [0.3, 0.4) is 0 Å². The van der Waals surface area contributed by atoms with Crippen molar-refractivity contribution in [2.24, 2.45) is 11.7 Å². The van der Waals surface area contributed by atoms with Gasteiger partial charge in [0.2, 0.25) is 5.91 Å². The van der Waals surface area contributed by atoms with Gasteiger partial charge < -0.3 is 16.2 Å². The molecule has 0 radical (unpaired) electrons. The Morgan fingerprint density at radius 2 is 1.94 bits per heavy atom. The molecule has 1 rings (SSSR count). The Morgan fingerprint density at radius 1 is 1.35 bits per heavy atom. The third kappa shape index (κ3) is 2.97. The SMILES string of the molecule is Cc1ccc(NC(=O)C(N)C(C)C)c(C)c1O. The van der Waals surface area contributed by atoms with E-state index in [1.807, 2.05) is 20.8 Å². The fourth-order valence-corrected chi connectivity index (χ4v) is 1.49. The van der Waals surface area contributed by atoms with E-state index in [-0.39, 0.29) is 17.6 Å². The smallest absolute Gasteiger partial charge is 0.241 e. The first-order chi connectivity index (χ1) is 7.84. The molecule has 4 N–H and O–H groups in total. The van der Waals surface area contributed by atoms with Crippen molar-refractivity contribution in [3.63, 3.8) is 0 Å². The van der Waals surface area contributed by atoms with Crippen molar-refractivity contribution < 1.29 is 9.90 Å². The molecule has 0 fully saturated rings. The van der Waals surface area contributed by atoms with E-state index in [1.165, 1.54) is 0 Å². The van der Waals surface area contributed by atoms with E-state index in [0.717, 1.165) is 5.56 Å². The highest BCUT2D eigenvalue weighted by Crippen LogP contribution is 2.28. The molecule has 4 nitrogen and oxygen atoms in total. The molecule has 0 saturated carbocycles. The minimum Gasteiger partial charge on any atom is -0.507 e. The Labute approximate surface area is 102 Å². The van der Waals surface area contributed by atoms with Crippen molar-refractivity contribution >= 4 is 11.6 Å². The second-order valence-corrected chi connectivity index (χ2v) is 4.66. The highest BCUT2D eigenvalue weighted by molar-refractivity contribution is 5.95. The number of anilines is 1. The lowest BCUT2D eigenvalue weighted by Crippen LogP contribution is -2.39. The molecular weight excluding hydrogens is 216 g/mol. The molecule has 1 unspecified atom stereocenters. The number of phenols is 1. The number of hydrogen-bond donors (Lipinski definition) is 3. The third-order valence-corrected chi connectivity index (χ3v) is 2.91. The van der Waals surface area contributed by atoms with Crippen LogP contribution in [0.25, 0.3) is 0 Å². The van der Waals surface area contributed by atoms with Gasteiger partial charge in [-0.05, 0) is 31.4 Å². The maximum absolute atomic E-state index is 11.8. The molecule has 0 heterocycles. The van der Waals surface area contributed by atoms with Crippen LogP contribution in [0.15, 0.2) is 12.1 Å². The first kappa shape index (κ1) is 13.5. The van der Waals surface area contributed by atoms with E-state index in [1.54, 1.807) is 19.1 Å². The number of aromatic hydroxyl groups is 1. The summed E-state index contributed by atoms with van der Waals surface area (Å²) < 4.78 is 0. The predicted octanol–water partition coefficient (Wildman–Crippen LogP) is 1.93. The van der Waals surface area contributed by atoms with Gasteiger partial charge in [-0.1, -0.05) is 19.9 Å². The van der Waals surface area contributed by atoms with Gasteiger partial charge in [0.1, 0.15) is 5.75 Å². The topological polar surface area (TPSA) is 75.4 Å². The standard InChI is InChI=1S/C13H20N2O2/c1-7(2)11(14)13(17)15-10-6-5-8(3)12(16)9(10)4/h5-7,11,16H,14H2,1-4H3,(H,15,17). The number of hydrogen-bond acceptors (Lipinski definition) is 3. The van der Waals surface area contributed by atoms with Crippen LogP contribution in [0.2, 0.25) is 0 Å². The molecule has 1 atom stereocenters. The van der Waals surface area contributed by atoms with Gasteiger partial charge >= 0.3 is 0 Å². The van der Waals surface area contributed by atoms with E-state index in [4.69, 9.17) is 5.73 Å². The minimum atomic E-state index is -0.544. The number of benzene rings is 1. The van der Waals surface area contributed by atoms with Crippen molar-refractivity contribution in [2.75, 3.05) is 5.32 Å². The summed E-state index contributed by atoms with van der Waals surface area (Å²) in [5.41, 5.74) is 7.80. The summed E-state index contributed by atoms with van der Waals surface area (Å²) in [4.78, 5) is 11.8. The number of nitrogens with two attached hydrogens (primary N) is 1. The molecule has 0 aromatic heterocycles. The van der Waals surface area contributed by atoms with Gasteiger partial charge in [0.05, 0.1) is 6.04 Å². The fourth-order valence-electron chi connectivity index (χ4n) is 1.49. The van der Waals surface area contributed by atoms with Gasteiger partial charge in [0.25, 0.3) is 0 Å². The van der Waals surface area contributed by atoms with Crippen molar-refractivity contribution in [3.8, 4) is 5.75 Å². The number of carbonyl (C=O) groups excluding carboxylic acids is 1. The summed E-state index contributed by atoms with van der Waals surface area (Å²) >= 11 is 0. The maximum Gasteiger partial charge on any atom is 0.241 e. The number of rotatable bonds is 3. The molecular formula is C13H20N2O2. The van der Waals surface area contributed by atoms with E-state index in [2.05, 4.69) is 5.32 Å². The molecule has 94 valence electrons. The zero-order valence-corrected chi connectivity index (χ0v) is 10.7. The lowest BCUT2D eigenvalue weighted by atomic mass is 10.0. The van der Waals surface area contributed by atoms with E-state index < -0.39 is 6.04 Å². The average Bonchev–Trinajstić information content (AvgIpc) is 2.28. The molecule has 4 heteroatoms. The Hall–Kier alpha value is -1.55. The summed E-state index contributed by atoms with van der Waals surface area (Å²) in [5, 5.41) is 12.5. The van der Waals surface area contributed by atoms with Crippen molar-refractivity contribution in [1.29, 1.82) is 0 Å². The lowest BCUT2D eigenvalue weighted by molar-refractivity contribution is -0.118. The molecule has 0 saturated heterocycles. The van der Waals surface area contributed by atoms with Crippen molar-refractivity contribution in [3.05, 3.63) is 23.3 Å². The van der Waals surface area contributed by atoms with Gasteiger partial charge in [-0.25, -0.2) is 0 Å². The van der Waals surface area contributed by atoms with E-state index in [0.29, 0.717) is 11.3 Å². The van der Waals surface area contributed by atoms with Gasteiger partial charge in [0, 0.05) is 11.3 Å². The number of amides is 1. The zero-order valence-electron chi connectivity index (χ0n) is 10.7. The Bertz CT molecular complexity index is 428. The summed E-state index contributed by atoms with van der Waals surface area (Å²) in [6, 6.07) is 2.99. The average molecular weight is 236 g/mol. The first-order valence-corrected chi connectivity index (χ1v) is 5.70. The van der Waals surface area contributed by atoms with Crippen LogP contribution in [0.1, 0.15) is 25.0 Å². The summed E-state index contributed by atoms with van der Waals surface area (Å²) in [6.07, 6.45) is 0. The van der Waals surface area contributed by atoms with Crippen molar-refractivity contribution in [1.82, 2.24) is 0 Å². The van der Waals surface area contributed by atoms with E-state index >= 15 is 0 Å². The van der Waals surface area contributed by atoms with Gasteiger partial charge in [-0.2, -0.15) is 0 Å². The van der Waals surface area contributed by atoms with Gasteiger partial charge in [-0.3, -0.25) is 4.79 Å². The van der Waals surface area contributed by atoms with Crippen molar-refractivity contribution in [2.45, 2.75) is 33.7 Å². The van der Waals surface area contributed by atoms with Crippen LogP contribution < -0.4 is 11.1 Å². The Balaban J connectivity index is 2.90. The largest absolute Gasteiger partial charge is 0.507 e. The molecule has 1 amide bonds. The first-order valence-electron chi connectivity index (χ1n) is 5.70. The molecule has 1 aromatic carbocycles. The molecule has 17 heavy (non-hydrogen) atoms. The van der Waals surface area contributed by atoms with Crippen LogP contribution in [-0.2, 0) is 4.79 Å². The molecule has 0 aliphatic heterocycles. The molecule has 0 spiro atoms. The van der Waals surface area contributed by atoms with Crippen LogP contribution >= 0.6 is 0 Å². The van der Waals surface area contributed by atoms with Gasteiger partial charge in [0.15, 0.2) is 0 Å². The second-order valence-electron chi connectivity index (χ2n) is 4.66. The third-order valence-electron chi connectivity index (χ3n) is 2.91. The number of aryl methyl sites for hydroxylation is 1. The highest BCUT2D eigenvalue weighted by Gasteiger charge is 2.18. The quantitative estimate of drug-likeness (QED) is 0.750.